The van der Waals surface area contributed by atoms with Crippen LogP contribution in [0.4, 0.5) is 0 Å². The van der Waals surface area contributed by atoms with E-state index in [1.54, 1.807) is 0 Å². The number of nitrogens with one attached hydrogen (secondary N) is 2. The standard InChI is InChI=1S/C20H29ClN6.HI/c1-15-25-26-19(27(15)2)14-23-20(24-18-6-4-3-5-7-18)22-13-12-16-8-10-17(21)11-9-16;/h8-11,18H,3-7,12-14H2,1-2H3,(H2,22,23,24);1H. The van der Waals surface area contributed by atoms with Crippen molar-refractivity contribution in [3.05, 3.63) is 46.5 Å². The predicted molar refractivity (Wildman–Crippen MR) is 125 cm³/mol. The van der Waals surface area contributed by atoms with Gasteiger partial charge in [-0.3, -0.25) is 0 Å². The number of halogens is 2. The summed E-state index contributed by atoms with van der Waals surface area (Å²) in [5.74, 6) is 2.63. The molecule has 0 saturated heterocycles. The minimum Gasteiger partial charge on any atom is -0.356 e. The highest BCUT2D eigenvalue weighted by Crippen LogP contribution is 2.17. The Morgan fingerprint density at radius 2 is 1.89 bits per heavy atom. The van der Waals surface area contributed by atoms with E-state index in [0.717, 1.165) is 35.6 Å². The second-order valence-corrected chi connectivity index (χ2v) is 7.61. The van der Waals surface area contributed by atoms with E-state index >= 15 is 0 Å². The van der Waals surface area contributed by atoms with Gasteiger partial charge in [-0.2, -0.15) is 0 Å². The molecule has 1 aliphatic rings. The van der Waals surface area contributed by atoms with Crippen LogP contribution in [0.2, 0.25) is 5.02 Å². The Morgan fingerprint density at radius 3 is 2.54 bits per heavy atom. The van der Waals surface area contributed by atoms with E-state index in [0.29, 0.717) is 12.6 Å². The van der Waals surface area contributed by atoms with Crippen molar-refractivity contribution in [3.8, 4) is 0 Å². The summed E-state index contributed by atoms with van der Waals surface area (Å²) >= 11 is 5.96. The van der Waals surface area contributed by atoms with Gasteiger partial charge in [-0.25, -0.2) is 4.99 Å². The van der Waals surface area contributed by atoms with E-state index < -0.39 is 0 Å². The number of nitrogens with zero attached hydrogens (tertiary/aromatic N) is 4. The van der Waals surface area contributed by atoms with Gasteiger partial charge in [0.05, 0.1) is 0 Å². The maximum absolute atomic E-state index is 5.96. The van der Waals surface area contributed by atoms with Crippen LogP contribution < -0.4 is 10.6 Å². The first-order chi connectivity index (χ1) is 13.1. The van der Waals surface area contributed by atoms with E-state index in [1.165, 1.54) is 37.7 Å². The first kappa shape index (κ1) is 22.9. The van der Waals surface area contributed by atoms with Crippen LogP contribution in [0.5, 0.6) is 0 Å². The van der Waals surface area contributed by atoms with Crippen molar-refractivity contribution in [2.75, 3.05) is 6.54 Å². The van der Waals surface area contributed by atoms with Crippen molar-refractivity contribution in [3.63, 3.8) is 0 Å². The largest absolute Gasteiger partial charge is 0.356 e. The molecule has 0 radical (unpaired) electrons. The summed E-state index contributed by atoms with van der Waals surface area (Å²) in [6.45, 7) is 3.28. The van der Waals surface area contributed by atoms with Crippen LogP contribution in [0.15, 0.2) is 29.3 Å². The average Bonchev–Trinajstić information content (AvgIpc) is 3.00. The van der Waals surface area contributed by atoms with Crippen LogP contribution in [0.1, 0.15) is 49.3 Å². The van der Waals surface area contributed by atoms with Gasteiger partial charge in [-0.05, 0) is 43.9 Å². The molecular weight excluding hydrogens is 487 g/mol. The molecule has 154 valence electrons. The molecule has 1 aromatic carbocycles. The van der Waals surface area contributed by atoms with Crippen molar-refractivity contribution < 1.29 is 0 Å². The molecule has 0 unspecified atom stereocenters. The molecule has 8 heteroatoms. The molecular formula is C20H30ClIN6. The molecule has 0 atom stereocenters. The van der Waals surface area contributed by atoms with Gasteiger partial charge in [0, 0.05) is 24.7 Å². The van der Waals surface area contributed by atoms with Crippen molar-refractivity contribution in [2.45, 2.75) is 58.0 Å². The van der Waals surface area contributed by atoms with Crippen LogP contribution in [0.3, 0.4) is 0 Å². The fourth-order valence-corrected chi connectivity index (χ4v) is 3.43. The van der Waals surface area contributed by atoms with Gasteiger partial charge >= 0.3 is 0 Å². The Morgan fingerprint density at radius 1 is 1.18 bits per heavy atom. The van der Waals surface area contributed by atoms with Crippen LogP contribution in [-0.4, -0.2) is 33.3 Å². The topological polar surface area (TPSA) is 67.1 Å². The zero-order chi connectivity index (χ0) is 19.1. The maximum atomic E-state index is 5.96. The number of aliphatic imine (C=N–C) groups is 1. The van der Waals surface area contributed by atoms with Crippen molar-refractivity contribution in [2.24, 2.45) is 12.0 Å². The molecule has 28 heavy (non-hydrogen) atoms. The van der Waals surface area contributed by atoms with Crippen LogP contribution in [-0.2, 0) is 20.0 Å². The number of guanidine groups is 1. The molecule has 1 heterocycles. The summed E-state index contributed by atoms with van der Waals surface area (Å²) in [5.41, 5.74) is 1.26. The molecule has 1 fully saturated rings. The monoisotopic (exact) mass is 516 g/mol. The van der Waals surface area contributed by atoms with Gasteiger partial charge in [-0.15, -0.1) is 34.2 Å². The van der Waals surface area contributed by atoms with Gasteiger partial charge in [-0.1, -0.05) is 43.0 Å². The maximum Gasteiger partial charge on any atom is 0.191 e. The normalized spacial score (nSPS) is 15.2. The van der Waals surface area contributed by atoms with Crippen LogP contribution in [0, 0.1) is 6.92 Å². The summed E-state index contributed by atoms with van der Waals surface area (Å²) < 4.78 is 1.98. The van der Waals surface area contributed by atoms with Crippen molar-refractivity contribution in [1.29, 1.82) is 0 Å². The summed E-state index contributed by atoms with van der Waals surface area (Å²) in [6.07, 6.45) is 7.26. The minimum atomic E-state index is 0. The first-order valence-electron chi connectivity index (χ1n) is 9.76. The third-order valence-electron chi connectivity index (χ3n) is 5.13. The highest BCUT2D eigenvalue weighted by molar-refractivity contribution is 14.0. The van der Waals surface area contributed by atoms with Crippen molar-refractivity contribution >= 4 is 41.5 Å². The fourth-order valence-electron chi connectivity index (χ4n) is 3.31. The Labute approximate surface area is 189 Å². The highest BCUT2D eigenvalue weighted by Gasteiger charge is 2.15. The quantitative estimate of drug-likeness (QED) is 0.346. The molecule has 0 spiro atoms. The fraction of sp³-hybridized carbons (Fsp3) is 0.550. The third kappa shape index (κ3) is 6.92. The Balaban J connectivity index is 0.00000280. The lowest BCUT2D eigenvalue weighted by molar-refractivity contribution is 0.410. The average molecular weight is 517 g/mol. The van der Waals surface area contributed by atoms with Crippen LogP contribution in [0.25, 0.3) is 0 Å². The molecule has 0 bridgehead atoms. The van der Waals surface area contributed by atoms with Gasteiger partial charge in [0.2, 0.25) is 0 Å². The Hall–Kier alpha value is -1.35. The molecule has 2 aromatic rings. The van der Waals surface area contributed by atoms with Gasteiger partial charge < -0.3 is 15.2 Å². The molecule has 0 aliphatic heterocycles. The summed E-state index contributed by atoms with van der Waals surface area (Å²) in [7, 11) is 1.97. The second kappa shape index (κ2) is 11.6. The Bertz CT molecular complexity index is 753. The zero-order valence-electron chi connectivity index (χ0n) is 16.6. The summed E-state index contributed by atoms with van der Waals surface area (Å²) in [6, 6.07) is 8.50. The molecule has 1 aliphatic carbocycles. The van der Waals surface area contributed by atoms with Crippen molar-refractivity contribution in [1.82, 2.24) is 25.4 Å². The lowest BCUT2D eigenvalue weighted by Crippen LogP contribution is -2.44. The van der Waals surface area contributed by atoms with E-state index in [1.807, 2.05) is 30.7 Å². The van der Waals surface area contributed by atoms with E-state index in [9.17, 15) is 0 Å². The van der Waals surface area contributed by atoms with E-state index in [2.05, 4.69) is 33.0 Å². The Kier molecular flexibility index (Phi) is 9.50. The zero-order valence-corrected chi connectivity index (χ0v) is 19.7. The van der Waals surface area contributed by atoms with Crippen LogP contribution >= 0.6 is 35.6 Å². The van der Waals surface area contributed by atoms with Gasteiger partial charge in [0.1, 0.15) is 12.4 Å². The number of rotatable bonds is 6. The minimum absolute atomic E-state index is 0. The molecule has 6 nitrogen and oxygen atoms in total. The molecule has 3 rings (SSSR count). The second-order valence-electron chi connectivity index (χ2n) is 7.17. The van der Waals surface area contributed by atoms with E-state index in [-0.39, 0.29) is 24.0 Å². The molecule has 1 aromatic heterocycles. The number of aryl methyl sites for hydroxylation is 1. The number of hydrogen-bond donors (Lipinski definition) is 2. The third-order valence-corrected chi connectivity index (χ3v) is 5.38. The van der Waals surface area contributed by atoms with Gasteiger partial charge in [0.15, 0.2) is 11.8 Å². The number of hydrogen-bond acceptors (Lipinski definition) is 3. The summed E-state index contributed by atoms with van der Waals surface area (Å²) in [5, 5.41) is 16.2. The van der Waals surface area contributed by atoms with Gasteiger partial charge in [0.25, 0.3) is 0 Å². The number of aromatic nitrogens is 3. The lowest BCUT2D eigenvalue weighted by atomic mass is 9.96. The first-order valence-corrected chi connectivity index (χ1v) is 10.1. The smallest absolute Gasteiger partial charge is 0.191 e. The summed E-state index contributed by atoms with van der Waals surface area (Å²) in [4.78, 5) is 4.76. The lowest BCUT2D eigenvalue weighted by Gasteiger charge is -2.25. The molecule has 1 saturated carbocycles. The predicted octanol–water partition coefficient (Wildman–Crippen LogP) is 4.01. The highest BCUT2D eigenvalue weighted by atomic mass is 127. The molecule has 0 amide bonds. The molecule has 2 N–H and O–H groups in total. The van der Waals surface area contributed by atoms with E-state index in [4.69, 9.17) is 16.6 Å². The number of benzene rings is 1. The SMILES string of the molecule is Cc1nnc(CN=C(NCCc2ccc(Cl)cc2)NC2CCCCC2)n1C.I.